The predicted octanol–water partition coefficient (Wildman–Crippen LogP) is 3.41. The van der Waals surface area contributed by atoms with Crippen LogP contribution in [0.1, 0.15) is 40.8 Å². The number of ether oxygens (including phenoxy) is 2. The van der Waals surface area contributed by atoms with E-state index in [4.69, 9.17) is 21.1 Å². The Morgan fingerprint density at radius 1 is 1.19 bits per heavy atom. The number of esters is 2. The molecule has 3 rings (SSSR count). The maximum absolute atomic E-state index is 12.8. The van der Waals surface area contributed by atoms with Gasteiger partial charge in [0.25, 0.3) is 0 Å². The van der Waals surface area contributed by atoms with Gasteiger partial charge in [-0.1, -0.05) is 18.5 Å². The van der Waals surface area contributed by atoms with E-state index in [0.29, 0.717) is 28.4 Å². The Morgan fingerprint density at radius 3 is 2.48 bits per heavy atom. The third-order valence-electron chi connectivity index (χ3n) is 5.59. The Kier molecular flexibility index (Phi) is 6.71. The van der Waals surface area contributed by atoms with E-state index in [1.807, 2.05) is 19.9 Å². The van der Waals surface area contributed by atoms with Gasteiger partial charge in [0, 0.05) is 46.3 Å². The van der Waals surface area contributed by atoms with Gasteiger partial charge in [0.1, 0.15) is 5.69 Å². The first kappa shape index (κ1) is 22.8. The van der Waals surface area contributed by atoms with Crippen molar-refractivity contribution in [2.75, 3.05) is 14.2 Å². The Hall–Kier alpha value is -2.84. The number of aliphatic hydroxyl groups is 1. The molecule has 0 unspecified atom stereocenters. The van der Waals surface area contributed by atoms with Crippen LogP contribution in [0, 0.1) is 6.92 Å². The Balaban J connectivity index is 2.44. The summed E-state index contributed by atoms with van der Waals surface area (Å²) in [4.78, 5) is 24.6. The molecule has 31 heavy (non-hydrogen) atoms. The van der Waals surface area contributed by atoms with Crippen LogP contribution >= 0.6 is 11.6 Å². The van der Waals surface area contributed by atoms with E-state index in [-0.39, 0.29) is 25.5 Å². The summed E-state index contributed by atoms with van der Waals surface area (Å²) in [6.07, 6.45) is 0.631. The number of halogens is 1. The molecule has 2 aromatic heterocycles. The lowest BCUT2D eigenvalue weighted by molar-refractivity contribution is -0.140. The lowest BCUT2D eigenvalue weighted by atomic mass is 9.95. The maximum Gasteiger partial charge on any atom is 0.354 e. The number of carbonyl (C=O) groups is 2. The molecule has 0 radical (unpaired) electrons. The third kappa shape index (κ3) is 3.81. The number of nitrogens with zero attached hydrogens (tertiary/aromatic N) is 3. The number of benzene rings is 1. The summed E-state index contributed by atoms with van der Waals surface area (Å²) in [5.74, 6) is -0.874. The second-order valence-electron chi connectivity index (χ2n) is 7.16. The van der Waals surface area contributed by atoms with Crippen molar-refractivity contribution in [3.8, 4) is 11.1 Å². The summed E-state index contributed by atoms with van der Waals surface area (Å²) in [5.41, 5.74) is 4.65. The summed E-state index contributed by atoms with van der Waals surface area (Å²) >= 11 is 6.68. The topological polar surface area (TPSA) is 95.6 Å². The van der Waals surface area contributed by atoms with Crippen molar-refractivity contribution in [2.45, 2.75) is 39.8 Å². The van der Waals surface area contributed by atoms with Gasteiger partial charge in [0.2, 0.25) is 0 Å². The van der Waals surface area contributed by atoms with Crippen molar-refractivity contribution in [1.82, 2.24) is 14.3 Å². The minimum atomic E-state index is -0.495. The van der Waals surface area contributed by atoms with Crippen LogP contribution in [0.3, 0.4) is 0 Å². The summed E-state index contributed by atoms with van der Waals surface area (Å²) < 4.78 is 13.3. The van der Waals surface area contributed by atoms with E-state index in [0.717, 1.165) is 27.7 Å². The number of carbonyl (C=O) groups excluding carboxylic acids is 2. The summed E-state index contributed by atoms with van der Waals surface area (Å²) in [6, 6.07) is 3.58. The van der Waals surface area contributed by atoms with E-state index in [1.165, 1.54) is 14.2 Å². The first-order valence-electron chi connectivity index (χ1n) is 9.92. The highest BCUT2D eigenvalue weighted by atomic mass is 35.5. The van der Waals surface area contributed by atoms with Crippen LogP contribution in [0.4, 0.5) is 0 Å². The zero-order chi connectivity index (χ0) is 22.9. The van der Waals surface area contributed by atoms with Crippen LogP contribution in [0.2, 0.25) is 5.02 Å². The Morgan fingerprint density at radius 2 is 1.90 bits per heavy atom. The number of rotatable bonds is 7. The summed E-state index contributed by atoms with van der Waals surface area (Å²) in [7, 11) is 4.45. The van der Waals surface area contributed by atoms with E-state index >= 15 is 0 Å². The standard InChI is InChI=1S/C22H26ClN3O5/c1-6-13-19-16(26(10-9-17(28)30-4)21(13)22(29)31-5)8-7-14(23)20(19)18-12(2)25(3)24-15(18)11-27/h7-8,27H,6,9-11H2,1-5H3. The molecular weight excluding hydrogens is 422 g/mol. The Bertz CT molecular complexity index is 1160. The van der Waals surface area contributed by atoms with Gasteiger partial charge in [0.15, 0.2) is 0 Å². The van der Waals surface area contributed by atoms with Crippen LogP contribution in [-0.4, -0.2) is 45.6 Å². The molecule has 0 atom stereocenters. The second kappa shape index (κ2) is 9.11. The molecule has 166 valence electrons. The van der Waals surface area contributed by atoms with Gasteiger partial charge in [-0.15, -0.1) is 0 Å². The van der Waals surface area contributed by atoms with Gasteiger partial charge in [-0.05, 0) is 31.0 Å². The number of aliphatic hydroxyl groups excluding tert-OH is 1. The smallest absolute Gasteiger partial charge is 0.354 e. The molecule has 0 amide bonds. The molecule has 0 fully saturated rings. The number of hydrogen-bond acceptors (Lipinski definition) is 6. The fraction of sp³-hybridized carbons (Fsp3) is 0.409. The van der Waals surface area contributed by atoms with E-state index < -0.39 is 5.97 Å². The van der Waals surface area contributed by atoms with Crippen molar-refractivity contribution in [3.05, 3.63) is 39.8 Å². The monoisotopic (exact) mass is 447 g/mol. The molecular formula is C22H26ClN3O5. The van der Waals surface area contributed by atoms with Crippen molar-refractivity contribution in [1.29, 1.82) is 0 Å². The average molecular weight is 448 g/mol. The molecule has 0 saturated heterocycles. The third-order valence-corrected chi connectivity index (χ3v) is 5.90. The Labute approximate surface area is 185 Å². The average Bonchev–Trinajstić information content (AvgIpc) is 3.24. The van der Waals surface area contributed by atoms with Crippen molar-refractivity contribution < 1.29 is 24.2 Å². The van der Waals surface area contributed by atoms with Gasteiger partial charge in [-0.2, -0.15) is 5.10 Å². The SMILES string of the molecule is CCc1c(C(=O)OC)n(CCC(=O)OC)c2ccc(Cl)c(-c3c(CO)nn(C)c3C)c12. The highest BCUT2D eigenvalue weighted by Gasteiger charge is 2.28. The maximum atomic E-state index is 12.8. The molecule has 9 heteroatoms. The van der Waals surface area contributed by atoms with Crippen molar-refractivity contribution in [2.24, 2.45) is 7.05 Å². The van der Waals surface area contributed by atoms with Gasteiger partial charge in [0.05, 0.1) is 32.9 Å². The number of aromatic nitrogens is 3. The number of fused-ring (bicyclic) bond motifs is 1. The second-order valence-corrected chi connectivity index (χ2v) is 7.56. The summed E-state index contributed by atoms with van der Waals surface area (Å²) in [5, 5.41) is 15.6. The van der Waals surface area contributed by atoms with Crippen LogP contribution in [0.15, 0.2) is 12.1 Å². The number of methoxy groups -OCH3 is 2. The minimum absolute atomic E-state index is 0.0964. The molecule has 1 aromatic carbocycles. The molecule has 0 aliphatic heterocycles. The molecule has 0 aliphatic rings. The molecule has 1 N–H and O–H groups in total. The van der Waals surface area contributed by atoms with Crippen LogP contribution in [0.25, 0.3) is 22.0 Å². The van der Waals surface area contributed by atoms with Crippen LogP contribution in [0.5, 0.6) is 0 Å². The number of hydrogen-bond donors (Lipinski definition) is 1. The molecule has 8 nitrogen and oxygen atoms in total. The highest BCUT2D eigenvalue weighted by molar-refractivity contribution is 6.35. The molecule has 0 spiro atoms. The van der Waals surface area contributed by atoms with Gasteiger partial charge in [-0.25, -0.2) is 4.79 Å². The lowest BCUT2D eigenvalue weighted by Gasteiger charge is -2.11. The van der Waals surface area contributed by atoms with Gasteiger partial charge >= 0.3 is 11.9 Å². The lowest BCUT2D eigenvalue weighted by Crippen LogP contribution is -2.15. The van der Waals surface area contributed by atoms with Crippen molar-refractivity contribution in [3.63, 3.8) is 0 Å². The van der Waals surface area contributed by atoms with E-state index in [2.05, 4.69) is 5.10 Å². The fourth-order valence-electron chi connectivity index (χ4n) is 4.07. The fourth-order valence-corrected chi connectivity index (χ4v) is 4.32. The van der Waals surface area contributed by atoms with Crippen LogP contribution in [-0.2, 0) is 40.9 Å². The molecule has 0 bridgehead atoms. The van der Waals surface area contributed by atoms with E-state index in [9.17, 15) is 14.7 Å². The quantitative estimate of drug-likeness (QED) is 0.557. The summed E-state index contributed by atoms with van der Waals surface area (Å²) in [6.45, 7) is 3.84. The normalized spacial score (nSPS) is 11.2. The number of aryl methyl sites for hydroxylation is 3. The highest BCUT2D eigenvalue weighted by Crippen LogP contribution is 2.42. The van der Waals surface area contributed by atoms with Gasteiger partial charge in [-0.3, -0.25) is 9.48 Å². The van der Waals surface area contributed by atoms with Gasteiger partial charge < -0.3 is 19.1 Å². The minimum Gasteiger partial charge on any atom is -0.469 e. The van der Waals surface area contributed by atoms with Crippen molar-refractivity contribution >= 4 is 34.4 Å². The van der Waals surface area contributed by atoms with Crippen LogP contribution < -0.4 is 0 Å². The molecule has 3 aromatic rings. The van der Waals surface area contributed by atoms with E-state index in [1.54, 1.807) is 22.4 Å². The molecule has 0 saturated carbocycles. The predicted molar refractivity (Wildman–Crippen MR) is 117 cm³/mol. The zero-order valence-electron chi connectivity index (χ0n) is 18.3. The molecule has 0 aliphatic carbocycles. The largest absolute Gasteiger partial charge is 0.469 e. The first-order chi connectivity index (χ1) is 14.8. The molecule has 2 heterocycles. The first-order valence-corrected chi connectivity index (χ1v) is 10.3. The zero-order valence-corrected chi connectivity index (χ0v) is 19.0.